The number of carbonyl (C=O) groups is 1. The highest BCUT2D eigenvalue weighted by atomic mass is 16.2. The predicted octanol–water partition coefficient (Wildman–Crippen LogP) is 4.68. The molecule has 148 valence electrons. The maximum absolute atomic E-state index is 13.8. The van der Waals surface area contributed by atoms with E-state index in [4.69, 9.17) is 0 Å². The number of hydrogen-bond donors (Lipinski definition) is 0. The van der Waals surface area contributed by atoms with Crippen molar-refractivity contribution in [3.63, 3.8) is 0 Å². The molecule has 2 aromatic rings. The van der Waals surface area contributed by atoms with Crippen LogP contribution < -0.4 is 0 Å². The smallest absolute Gasteiger partial charge is 0.234 e. The second-order valence-corrected chi connectivity index (χ2v) is 8.37. The third-order valence-electron chi connectivity index (χ3n) is 6.66. The van der Waals surface area contributed by atoms with Crippen molar-refractivity contribution in [1.29, 1.82) is 0 Å². The van der Waals surface area contributed by atoms with Gasteiger partial charge in [0.25, 0.3) is 0 Å². The minimum Gasteiger partial charge on any atom is -0.340 e. The molecule has 0 aromatic heterocycles. The van der Waals surface area contributed by atoms with Gasteiger partial charge in [0.2, 0.25) is 5.91 Å². The Kier molecular flexibility index (Phi) is 6.11. The molecule has 0 radical (unpaired) electrons. The molecule has 3 heteroatoms. The third-order valence-corrected chi connectivity index (χ3v) is 6.66. The minimum absolute atomic E-state index is 0.228. The molecule has 1 aliphatic carbocycles. The van der Waals surface area contributed by atoms with Crippen molar-refractivity contribution in [2.75, 3.05) is 20.1 Å². The molecule has 28 heavy (non-hydrogen) atoms. The molecule has 2 aliphatic rings. The van der Waals surface area contributed by atoms with E-state index in [1.807, 2.05) is 43.4 Å². The fourth-order valence-corrected chi connectivity index (χ4v) is 5.18. The Labute approximate surface area is 169 Å². The lowest BCUT2D eigenvalue weighted by atomic mass is 9.85. The zero-order valence-electron chi connectivity index (χ0n) is 17.0. The van der Waals surface area contributed by atoms with Crippen LogP contribution >= 0.6 is 0 Å². The average Bonchev–Trinajstić information content (AvgIpc) is 3.30. The molecule has 2 aromatic carbocycles. The normalized spacial score (nSPS) is 23.1. The highest BCUT2D eigenvalue weighted by molar-refractivity contribution is 5.87. The molecular weight excluding hydrogens is 344 g/mol. The minimum atomic E-state index is -0.228. The molecule has 0 spiro atoms. The highest BCUT2D eigenvalue weighted by Gasteiger charge is 2.37. The van der Waals surface area contributed by atoms with E-state index in [1.54, 1.807) is 0 Å². The van der Waals surface area contributed by atoms with Gasteiger partial charge in [0.15, 0.2) is 0 Å². The van der Waals surface area contributed by atoms with Crippen molar-refractivity contribution >= 4 is 5.91 Å². The van der Waals surface area contributed by atoms with Gasteiger partial charge in [-0.3, -0.25) is 9.69 Å². The van der Waals surface area contributed by atoms with Gasteiger partial charge in [-0.2, -0.15) is 0 Å². The largest absolute Gasteiger partial charge is 0.340 e. The summed E-state index contributed by atoms with van der Waals surface area (Å²) < 4.78 is 0. The monoisotopic (exact) mass is 376 g/mol. The zero-order valence-corrected chi connectivity index (χ0v) is 17.0. The third kappa shape index (κ3) is 4.00. The van der Waals surface area contributed by atoms with Gasteiger partial charge in [0, 0.05) is 19.1 Å². The number of benzene rings is 2. The Morgan fingerprint density at radius 2 is 1.39 bits per heavy atom. The summed E-state index contributed by atoms with van der Waals surface area (Å²) in [6.07, 6.45) is 7.48. The van der Waals surface area contributed by atoms with Crippen molar-refractivity contribution in [2.24, 2.45) is 0 Å². The fourth-order valence-electron chi connectivity index (χ4n) is 5.18. The number of carbonyl (C=O) groups excluding carboxylic acids is 1. The second kappa shape index (κ2) is 8.91. The molecule has 0 bridgehead atoms. The van der Waals surface area contributed by atoms with Crippen molar-refractivity contribution in [3.05, 3.63) is 71.8 Å². The Bertz CT molecular complexity index is 715. The van der Waals surface area contributed by atoms with Gasteiger partial charge < -0.3 is 4.90 Å². The molecule has 2 fully saturated rings. The van der Waals surface area contributed by atoms with Gasteiger partial charge >= 0.3 is 0 Å². The Hall–Kier alpha value is -2.13. The summed E-state index contributed by atoms with van der Waals surface area (Å²) in [5.41, 5.74) is 2.16. The van der Waals surface area contributed by atoms with Crippen LogP contribution in [0.4, 0.5) is 0 Å². The van der Waals surface area contributed by atoms with E-state index in [0.717, 1.165) is 17.5 Å². The topological polar surface area (TPSA) is 23.6 Å². The predicted molar refractivity (Wildman–Crippen MR) is 114 cm³/mol. The first kappa shape index (κ1) is 19.2. The molecule has 0 N–H and O–H groups in total. The summed E-state index contributed by atoms with van der Waals surface area (Å²) in [5.74, 6) is 0.00190. The van der Waals surface area contributed by atoms with Crippen molar-refractivity contribution in [2.45, 2.75) is 56.5 Å². The SMILES string of the molecule is CN(C(=O)C(c1ccccc1)c1ccccc1)[C@H]1CCCCC1N1CCCC1. The van der Waals surface area contributed by atoms with Gasteiger partial charge in [-0.1, -0.05) is 73.5 Å². The van der Waals surface area contributed by atoms with Crippen molar-refractivity contribution in [1.82, 2.24) is 9.80 Å². The van der Waals surface area contributed by atoms with Crippen LogP contribution in [0.3, 0.4) is 0 Å². The highest BCUT2D eigenvalue weighted by Crippen LogP contribution is 2.33. The molecule has 1 amide bonds. The Morgan fingerprint density at radius 1 is 0.857 bits per heavy atom. The maximum atomic E-state index is 13.8. The summed E-state index contributed by atoms with van der Waals surface area (Å²) >= 11 is 0. The maximum Gasteiger partial charge on any atom is 0.234 e. The Morgan fingerprint density at radius 3 is 1.96 bits per heavy atom. The van der Waals surface area contributed by atoms with E-state index in [-0.39, 0.29) is 11.8 Å². The van der Waals surface area contributed by atoms with Gasteiger partial charge in [0.05, 0.1) is 5.92 Å². The lowest BCUT2D eigenvalue weighted by molar-refractivity contribution is -0.134. The molecule has 4 rings (SSSR count). The number of hydrogen-bond acceptors (Lipinski definition) is 2. The molecular formula is C25H32N2O. The van der Waals surface area contributed by atoms with E-state index >= 15 is 0 Å². The van der Waals surface area contributed by atoms with E-state index in [0.29, 0.717) is 12.1 Å². The molecule has 3 nitrogen and oxygen atoms in total. The van der Waals surface area contributed by atoms with Gasteiger partial charge in [-0.15, -0.1) is 0 Å². The van der Waals surface area contributed by atoms with Crippen LogP contribution in [0.25, 0.3) is 0 Å². The second-order valence-electron chi connectivity index (χ2n) is 8.37. The van der Waals surface area contributed by atoms with Crippen LogP contribution in [-0.2, 0) is 4.79 Å². The van der Waals surface area contributed by atoms with Gasteiger partial charge in [-0.05, 0) is 49.9 Å². The Balaban J connectivity index is 1.62. The van der Waals surface area contributed by atoms with Gasteiger partial charge in [-0.25, -0.2) is 0 Å². The molecule has 2 atom stereocenters. The summed E-state index contributed by atoms with van der Waals surface area (Å²) in [5, 5.41) is 0. The lowest BCUT2D eigenvalue weighted by Gasteiger charge is -2.43. The number of likely N-dealkylation sites (N-methyl/N-ethyl adjacent to an activating group) is 1. The first-order chi connectivity index (χ1) is 13.8. The molecule has 1 aliphatic heterocycles. The van der Waals surface area contributed by atoms with Crippen LogP contribution in [-0.4, -0.2) is 47.9 Å². The number of nitrogens with zero attached hydrogens (tertiary/aromatic N) is 2. The molecule has 1 saturated carbocycles. The van der Waals surface area contributed by atoms with E-state index in [9.17, 15) is 4.79 Å². The zero-order chi connectivity index (χ0) is 19.3. The van der Waals surface area contributed by atoms with Crippen molar-refractivity contribution < 1.29 is 4.79 Å². The fraction of sp³-hybridized carbons (Fsp3) is 0.480. The summed E-state index contributed by atoms with van der Waals surface area (Å²) in [7, 11) is 2.04. The first-order valence-corrected chi connectivity index (χ1v) is 10.9. The van der Waals surface area contributed by atoms with E-state index in [2.05, 4.69) is 34.1 Å². The average molecular weight is 377 g/mol. The first-order valence-electron chi connectivity index (χ1n) is 10.9. The van der Waals surface area contributed by atoms with Gasteiger partial charge in [0.1, 0.15) is 0 Å². The quantitative estimate of drug-likeness (QED) is 0.756. The van der Waals surface area contributed by atoms with Crippen LogP contribution in [0, 0.1) is 0 Å². The van der Waals surface area contributed by atoms with E-state index < -0.39 is 0 Å². The lowest BCUT2D eigenvalue weighted by Crippen LogP contribution is -2.54. The summed E-state index contributed by atoms with van der Waals surface area (Å²) in [6.45, 7) is 2.40. The summed E-state index contributed by atoms with van der Waals surface area (Å²) in [4.78, 5) is 18.5. The molecule has 1 unspecified atom stereocenters. The van der Waals surface area contributed by atoms with E-state index in [1.165, 1.54) is 45.2 Å². The molecule has 1 heterocycles. The van der Waals surface area contributed by atoms with Crippen LogP contribution in [0.15, 0.2) is 60.7 Å². The summed E-state index contributed by atoms with van der Waals surface area (Å²) in [6, 6.07) is 21.4. The van der Waals surface area contributed by atoms with Crippen LogP contribution in [0.1, 0.15) is 55.6 Å². The number of amides is 1. The standard InChI is InChI=1S/C25H32N2O/c1-26(22-16-8-9-17-23(22)27-18-10-11-19-27)25(28)24(20-12-4-2-5-13-20)21-14-6-3-7-15-21/h2-7,12-15,22-24H,8-11,16-19H2,1H3/t22-,23?/m0/s1. The van der Waals surface area contributed by atoms with Crippen LogP contribution in [0.5, 0.6) is 0 Å². The number of rotatable bonds is 5. The van der Waals surface area contributed by atoms with Crippen molar-refractivity contribution in [3.8, 4) is 0 Å². The molecule has 1 saturated heterocycles. The van der Waals surface area contributed by atoms with Crippen LogP contribution in [0.2, 0.25) is 0 Å². The number of likely N-dealkylation sites (tertiary alicyclic amines) is 1.